The van der Waals surface area contributed by atoms with Crippen molar-refractivity contribution in [3.8, 4) is 5.75 Å². The van der Waals surface area contributed by atoms with Gasteiger partial charge in [0.15, 0.2) is 18.2 Å². The Hall–Kier alpha value is -2.83. The van der Waals surface area contributed by atoms with Crippen molar-refractivity contribution in [2.75, 3.05) is 6.61 Å². The Kier molecular flexibility index (Phi) is 4.55. The standard InChI is InChI=1S/C14H13FN2O4/c1-9-10(6-7-20-9)14(19)17-16-13(18)8-21-12-5-3-2-4-11(12)15/h2-7H,8H2,1H3,(H,16,18)(H,17,19). The Morgan fingerprint density at radius 3 is 2.67 bits per heavy atom. The first-order valence-electron chi connectivity index (χ1n) is 6.08. The summed E-state index contributed by atoms with van der Waals surface area (Å²) in [4.78, 5) is 23.2. The van der Waals surface area contributed by atoms with Crippen molar-refractivity contribution in [1.29, 1.82) is 0 Å². The molecule has 0 atom stereocenters. The van der Waals surface area contributed by atoms with Crippen LogP contribution in [0, 0.1) is 12.7 Å². The Labute approximate surface area is 119 Å². The number of furan rings is 1. The first kappa shape index (κ1) is 14.6. The van der Waals surface area contributed by atoms with Crippen LogP contribution in [0.25, 0.3) is 0 Å². The molecular weight excluding hydrogens is 279 g/mol. The summed E-state index contributed by atoms with van der Waals surface area (Å²) in [6.45, 7) is 1.20. The Morgan fingerprint density at radius 2 is 2.00 bits per heavy atom. The van der Waals surface area contributed by atoms with E-state index in [4.69, 9.17) is 9.15 Å². The number of carbonyl (C=O) groups excluding carboxylic acids is 2. The maximum Gasteiger partial charge on any atom is 0.276 e. The van der Waals surface area contributed by atoms with Crippen LogP contribution in [0.4, 0.5) is 4.39 Å². The lowest BCUT2D eigenvalue weighted by atomic mass is 10.2. The van der Waals surface area contributed by atoms with Gasteiger partial charge in [0.2, 0.25) is 0 Å². The molecule has 1 aromatic carbocycles. The highest BCUT2D eigenvalue weighted by Crippen LogP contribution is 2.14. The van der Waals surface area contributed by atoms with E-state index in [-0.39, 0.29) is 5.75 Å². The highest BCUT2D eigenvalue weighted by atomic mass is 19.1. The molecular formula is C14H13FN2O4. The number of benzene rings is 1. The minimum absolute atomic E-state index is 0.0374. The molecule has 0 saturated heterocycles. The van der Waals surface area contributed by atoms with Gasteiger partial charge in [-0.2, -0.15) is 0 Å². The largest absolute Gasteiger partial charge is 0.481 e. The van der Waals surface area contributed by atoms with Gasteiger partial charge in [0, 0.05) is 0 Å². The van der Waals surface area contributed by atoms with Crippen molar-refractivity contribution in [2.45, 2.75) is 6.92 Å². The molecule has 2 amide bonds. The molecule has 110 valence electrons. The Balaban J connectivity index is 1.79. The third-order valence-corrected chi connectivity index (χ3v) is 2.61. The molecule has 0 fully saturated rings. The summed E-state index contributed by atoms with van der Waals surface area (Å²) in [6, 6.07) is 7.19. The zero-order valence-corrected chi connectivity index (χ0v) is 11.2. The summed E-state index contributed by atoms with van der Waals surface area (Å²) in [5.41, 5.74) is 4.67. The lowest BCUT2D eigenvalue weighted by Gasteiger charge is -2.08. The molecule has 0 aliphatic heterocycles. The van der Waals surface area contributed by atoms with E-state index < -0.39 is 24.2 Å². The number of amides is 2. The third kappa shape index (κ3) is 3.82. The number of rotatable bonds is 4. The number of hydrazine groups is 1. The van der Waals surface area contributed by atoms with E-state index in [1.807, 2.05) is 0 Å². The van der Waals surface area contributed by atoms with E-state index in [9.17, 15) is 14.0 Å². The van der Waals surface area contributed by atoms with Crippen LogP contribution < -0.4 is 15.6 Å². The number of aryl methyl sites for hydroxylation is 1. The monoisotopic (exact) mass is 292 g/mol. The molecule has 0 unspecified atom stereocenters. The molecule has 2 aromatic rings. The second-order valence-corrected chi connectivity index (χ2v) is 4.11. The van der Waals surface area contributed by atoms with Crippen molar-refractivity contribution in [1.82, 2.24) is 10.9 Å². The zero-order chi connectivity index (χ0) is 15.2. The number of hydrogen-bond acceptors (Lipinski definition) is 4. The van der Waals surface area contributed by atoms with Gasteiger partial charge in [-0.3, -0.25) is 20.4 Å². The van der Waals surface area contributed by atoms with Crippen LogP contribution in [0.2, 0.25) is 0 Å². The fraction of sp³-hybridized carbons (Fsp3) is 0.143. The van der Waals surface area contributed by atoms with Gasteiger partial charge >= 0.3 is 0 Å². The maximum absolute atomic E-state index is 13.2. The number of nitrogens with one attached hydrogen (secondary N) is 2. The topological polar surface area (TPSA) is 80.6 Å². The Morgan fingerprint density at radius 1 is 1.24 bits per heavy atom. The predicted octanol–water partition coefficient (Wildman–Crippen LogP) is 1.57. The molecule has 0 radical (unpaired) electrons. The van der Waals surface area contributed by atoms with Crippen LogP contribution in [0.15, 0.2) is 41.0 Å². The SMILES string of the molecule is Cc1occc1C(=O)NNC(=O)COc1ccccc1F. The summed E-state index contributed by atoms with van der Waals surface area (Å²) in [7, 11) is 0. The first-order valence-corrected chi connectivity index (χ1v) is 6.08. The summed E-state index contributed by atoms with van der Waals surface area (Å²) < 4.78 is 23.2. The lowest BCUT2D eigenvalue weighted by molar-refractivity contribution is -0.123. The molecule has 1 aromatic heterocycles. The molecule has 0 aliphatic rings. The minimum Gasteiger partial charge on any atom is -0.481 e. The third-order valence-electron chi connectivity index (χ3n) is 2.61. The quantitative estimate of drug-likeness (QED) is 0.838. The molecule has 0 saturated carbocycles. The average Bonchev–Trinajstić information content (AvgIpc) is 2.90. The van der Waals surface area contributed by atoms with Gasteiger partial charge in [-0.15, -0.1) is 0 Å². The van der Waals surface area contributed by atoms with Crippen LogP contribution in [0.1, 0.15) is 16.1 Å². The van der Waals surface area contributed by atoms with Crippen LogP contribution in [-0.2, 0) is 4.79 Å². The van der Waals surface area contributed by atoms with Crippen LogP contribution >= 0.6 is 0 Å². The average molecular weight is 292 g/mol. The molecule has 0 spiro atoms. The smallest absolute Gasteiger partial charge is 0.276 e. The predicted molar refractivity (Wildman–Crippen MR) is 70.9 cm³/mol. The first-order chi connectivity index (χ1) is 10.1. The van der Waals surface area contributed by atoms with Gasteiger partial charge in [0.1, 0.15) is 5.76 Å². The summed E-state index contributed by atoms with van der Waals surface area (Å²) in [6.07, 6.45) is 1.37. The summed E-state index contributed by atoms with van der Waals surface area (Å²) >= 11 is 0. The molecule has 6 nitrogen and oxygen atoms in total. The van der Waals surface area contributed by atoms with Gasteiger partial charge in [-0.05, 0) is 25.1 Å². The number of hydrogen-bond donors (Lipinski definition) is 2. The minimum atomic E-state index is -0.618. The van der Waals surface area contributed by atoms with Crippen LogP contribution in [0.3, 0.4) is 0 Å². The van der Waals surface area contributed by atoms with Crippen LogP contribution in [-0.4, -0.2) is 18.4 Å². The van der Waals surface area contributed by atoms with Gasteiger partial charge in [0.25, 0.3) is 11.8 Å². The molecule has 0 aliphatic carbocycles. The molecule has 0 bridgehead atoms. The number of ether oxygens (including phenoxy) is 1. The van der Waals surface area contributed by atoms with E-state index in [2.05, 4.69) is 10.9 Å². The van der Waals surface area contributed by atoms with E-state index in [1.165, 1.54) is 30.5 Å². The van der Waals surface area contributed by atoms with Gasteiger partial charge < -0.3 is 9.15 Å². The molecule has 1 heterocycles. The highest BCUT2D eigenvalue weighted by Gasteiger charge is 2.12. The van der Waals surface area contributed by atoms with Crippen molar-refractivity contribution in [3.05, 3.63) is 53.7 Å². The van der Waals surface area contributed by atoms with Gasteiger partial charge in [-0.25, -0.2) is 4.39 Å². The normalized spacial score (nSPS) is 10.0. The fourth-order valence-corrected chi connectivity index (χ4v) is 1.56. The molecule has 2 N–H and O–H groups in total. The van der Waals surface area contributed by atoms with Crippen LogP contribution in [0.5, 0.6) is 5.75 Å². The van der Waals surface area contributed by atoms with Crippen molar-refractivity contribution in [2.24, 2.45) is 0 Å². The van der Waals surface area contributed by atoms with E-state index >= 15 is 0 Å². The fourth-order valence-electron chi connectivity index (χ4n) is 1.56. The van der Waals surface area contributed by atoms with Gasteiger partial charge in [0.05, 0.1) is 11.8 Å². The van der Waals surface area contributed by atoms with Gasteiger partial charge in [-0.1, -0.05) is 12.1 Å². The Bertz CT molecular complexity index is 654. The number of para-hydroxylation sites is 1. The van der Waals surface area contributed by atoms with E-state index in [0.29, 0.717) is 11.3 Å². The van der Waals surface area contributed by atoms with Crippen molar-refractivity contribution >= 4 is 11.8 Å². The number of carbonyl (C=O) groups is 2. The maximum atomic E-state index is 13.2. The highest BCUT2D eigenvalue weighted by molar-refractivity contribution is 5.96. The molecule has 2 rings (SSSR count). The van der Waals surface area contributed by atoms with Crippen molar-refractivity contribution < 1.29 is 23.1 Å². The second-order valence-electron chi connectivity index (χ2n) is 4.11. The van der Waals surface area contributed by atoms with E-state index in [1.54, 1.807) is 13.0 Å². The summed E-state index contributed by atoms with van der Waals surface area (Å²) in [5.74, 6) is -1.30. The lowest BCUT2D eigenvalue weighted by Crippen LogP contribution is -2.43. The number of halogens is 1. The summed E-state index contributed by atoms with van der Waals surface area (Å²) in [5, 5.41) is 0. The van der Waals surface area contributed by atoms with E-state index in [0.717, 1.165) is 0 Å². The second kappa shape index (κ2) is 6.56. The zero-order valence-electron chi connectivity index (χ0n) is 11.2. The van der Waals surface area contributed by atoms with Crippen molar-refractivity contribution in [3.63, 3.8) is 0 Å². The molecule has 7 heteroatoms. The molecule has 21 heavy (non-hydrogen) atoms.